The Bertz CT molecular complexity index is 1090. The zero-order chi connectivity index (χ0) is 23.1. The number of aromatic nitrogens is 1. The van der Waals surface area contributed by atoms with E-state index in [2.05, 4.69) is 0 Å². The molecule has 168 valence electrons. The molecular formula is C25H26FNO5. The van der Waals surface area contributed by atoms with Gasteiger partial charge in [0.05, 0.1) is 18.0 Å². The molecule has 32 heavy (non-hydrogen) atoms. The second-order valence-electron chi connectivity index (χ2n) is 7.29. The van der Waals surface area contributed by atoms with Crippen molar-refractivity contribution >= 4 is 5.97 Å². The molecule has 0 bridgehead atoms. The molecule has 0 aliphatic rings. The molecule has 0 radical (unpaired) electrons. The van der Waals surface area contributed by atoms with E-state index in [4.69, 9.17) is 24.3 Å². The SMILES string of the molecule is CCOC[C@H](Oc1ccc(OCC(=O)O)c(C)c1)c1cccc(-c2ccc(C)c(F)c2)n1. The normalized spacial score (nSPS) is 11.8. The van der Waals surface area contributed by atoms with Gasteiger partial charge in [-0.3, -0.25) is 0 Å². The van der Waals surface area contributed by atoms with Gasteiger partial charge in [0.2, 0.25) is 0 Å². The predicted molar refractivity (Wildman–Crippen MR) is 119 cm³/mol. The van der Waals surface area contributed by atoms with Gasteiger partial charge in [0.25, 0.3) is 0 Å². The van der Waals surface area contributed by atoms with Gasteiger partial charge in [-0.05, 0) is 68.3 Å². The lowest BCUT2D eigenvalue weighted by atomic mass is 10.1. The summed E-state index contributed by atoms with van der Waals surface area (Å²) in [5, 5.41) is 8.79. The Morgan fingerprint density at radius 3 is 2.59 bits per heavy atom. The van der Waals surface area contributed by atoms with E-state index in [1.165, 1.54) is 6.07 Å². The summed E-state index contributed by atoms with van der Waals surface area (Å²) in [5.74, 6) is -0.274. The van der Waals surface area contributed by atoms with E-state index in [1.807, 2.05) is 38.1 Å². The number of ether oxygens (including phenoxy) is 3. The van der Waals surface area contributed by atoms with Crippen LogP contribution in [0.1, 0.15) is 29.8 Å². The summed E-state index contributed by atoms with van der Waals surface area (Å²) in [7, 11) is 0. The van der Waals surface area contributed by atoms with Gasteiger partial charge in [0.15, 0.2) is 12.7 Å². The zero-order valence-electron chi connectivity index (χ0n) is 18.3. The third-order valence-electron chi connectivity index (χ3n) is 4.82. The van der Waals surface area contributed by atoms with Crippen LogP contribution in [0.15, 0.2) is 54.6 Å². The lowest BCUT2D eigenvalue weighted by Gasteiger charge is -2.20. The topological polar surface area (TPSA) is 77.9 Å². The molecule has 1 heterocycles. The third kappa shape index (κ3) is 6.04. The Morgan fingerprint density at radius 2 is 1.91 bits per heavy atom. The monoisotopic (exact) mass is 439 g/mol. The van der Waals surface area contributed by atoms with Crippen molar-refractivity contribution < 1.29 is 28.5 Å². The van der Waals surface area contributed by atoms with Crippen LogP contribution in [0.3, 0.4) is 0 Å². The van der Waals surface area contributed by atoms with Crippen molar-refractivity contribution in [3.05, 3.63) is 77.2 Å². The summed E-state index contributed by atoms with van der Waals surface area (Å²) in [5.41, 5.74) is 3.30. The van der Waals surface area contributed by atoms with Crippen LogP contribution >= 0.6 is 0 Å². The van der Waals surface area contributed by atoms with E-state index >= 15 is 0 Å². The van der Waals surface area contributed by atoms with Crippen LogP contribution in [-0.4, -0.2) is 35.9 Å². The third-order valence-corrected chi connectivity index (χ3v) is 4.82. The van der Waals surface area contributed by atoms with E-state index in [0.717, 1.165) is 5.56 Å². The number of halogens is 1. The van der Waals surface area contributed by atoms with E-state index in [9.17, 15) is 9.18 Å². The molecule has 3 rings (SSSR count). The number of carbonyl (C=O) groups is 1. The summed E-state index contributed by atoms with van der Waals surface area (Å²) in [6.45, 7) is 5.82. The standard InChI is InChI=1S/C25H26FNO5/c1-4-30-14-24(32-19-10-11-23(17(3)12-19)31-15-25(28)29)22-7-5-6-21(27-22)18-9-8-16(2)20(26)13-18/h5-13,24H,4,14-15H2,1-3H3,(H,28,29)/t24-/m0/s1. The zero-order valence-corrected chi connectivity index (χ0v) is 18.3. The van der Waals surface area contributed by atoms with E-state index in [-0.39, 0.29) is 12.4 Å². The highest BCUT2D eigenvalue weighted by molar-refractivity contribution is 5.68. The molecule has 3 aromatic rings. The summed E-state index contributed by atoms with van der Waals surface area (Å²) in [6.07, 6.45) is -0.490. The molecule has 2 aromatic carbocycles. The van der Waals surface area contributed by atoms with Crippen molar-refractivity contribution in [2.45, 2.75) is 26.9 Å². The number of rotatable bonds is 10. The van der Waals surface area contributed by atoms with E-state index in [0.29, 0.717) is 40.6 Å². The number of hydrogen-bond donors (Lipinski definition) is 1. The second-order valence-corrected chi connectivity index (χ2v) is 7.29. The molecule has 1 atom stereocenters. The van der Waals surface area contributed by atoms with Gasteiger partial charge in [-0.25, -0.2) is 14.2 Å². The first-order valence-electron chi connectivity index (χ1n) is 10.3. The fourth-order valence-corrected chi connectivity index (χ4v) is 3.11. The van der Waals surface area contributed by atoms with Crippen LogP contribution in [0, 0.1) is 19.7 Å². The minimum absolute atomic E-state index is 0.280. The van der Waals surface area contributed by atoms with Gasteiger partial charge < -0.3 is 19.3 Å². The number of benzene rings is 2. The highest BCUT2D eigenvalue weighted by Crippen LogP contribution is 2.28. The van der Waals surface area contributed by atoms with Crippen molar-refractivity contribution in [2.75, 3.05) is 19.8 Å². The summed E-state index contributed by atoms with van der Waals surface area (Å²) < 4.78 is 31.1. The predicted octanol–water partition coefficient (Wildman–Crippen LogP) is 5.12. The molecule has 6 nitrogen and oxygen atoms in total. The van der Waals surface area contributed by atoms with Crippen LogP contribution < -0.4 is 9.47 Å². The lowest BCUT2D eigenvalue weighted by Crippen LogP contribution is -2.16. The van der Waals surface area contributed by atoms with E-state index < -0.39 is 18.7 Å². The molecule has 0 aliphatic carbocycles. The van der Waals surface area contributed by atoms with Gasteiger partial charge in [-0.15, -0.1) is 0 Å². The van der Waals surface area contributed by atoms with Crippen LogP contribution in [-0.2, 0) is 9.53 Å². The molecule has 1 N–H and O–H groups in total. The first kappa shape index (κ1) is 23.2. The van der Waals surface area contributed by atoms with Crippen molar-refractivity contribution in [1.29, 1.82) is 0 Å². The Hall–Kier alpha value is -3.45. The summed E-state index contributed by atoms with van der Waals surface area (Å²) in [4.78, 5) is 15.4. The highest BCUT2D eigenvalue weighted by Gasteiger charge is 2.17. The Balaban J connectivity index is 1.84. The van der Waals surface area contributed by atoms with Crippen LogP contribution in [0.4, 0.5) is 4.39 Å². The molecule has 0 fully saturated rings. The molecule has 0 amide bonds. The van der Waals surface area contributed by atoms with Gasteiger partial charge in [-0.2, -0.15) is 0 Å². The summed E-state index contributed by atoms with van der Waals surface area (Å²) in [6, 6.07) is 15.7. The first-order valence-corrected chi connectivity index (χ1v) is 10.3. The molecule has 7 heteroatoms. The minimum atomic E-state index is -1.04. The van der Waals surface area contributed by atoms with E-state index in [1.54, 1.807) is 31.2 Å². The van der Waals surface area contributed by atoms with Crippen LogP contribution in [0.2, 0.25) is 0 Å². The molecular weight excluding hydrogens is 413 g/mol. The van der Waals surface area contributed by atoms with Crippen LogP contribution in [0.5, 0.6) is 11.5 Å². The summed E-state index contributed by atoms with van der Waals surface area (Å²) >= 11 is 0. The number of nitrogens with zero attached hydrogens (tertiary/aromatic N) is 1. The quantitative estimate of drug-likeness (QED) is 0.472. The van der Waals surface area contributed by atoms with Crippen molar-refractivity contribution in [3.63, 3.8) is 0 Å². The maximum Gasteiger partial charge on any atom is 0.341 e. The maximum absolute atomic E-state index is 14.0. The molecule has 0 saturated carbocycles. The van der Waals surface area contributed by atoms with Gasteiger partial charge >= 0.3 is 5.97 Å². The average Bonchev–Trinajstić information content (AvgIpc) is 2.78. The molecule has 0 saturated heterocycles. The largest absolute Gasteiger partial charge is 0.482 e. The Labute approximate surface area is 186 Å². The second kappa shape index (κ2) is 10.7. The fraction of sp³-hybridized carbons (Fsp3) is 0.280. The lowest BCUT2D eigenvalue weighted by molar-refractivity contribution is -0.139. The van der Waals surface area contributed by atoms with Crippen molar-refractivity contribution in [1.82, 2.24) is 4.98 Å². The number of aryl methyl sites for hydroxylation is 2. The maximum atomic E-state index is 14.0. The Kier molecular flexibility index (Phi) is 7.78. The van der Waals surface area contributed by atoms with Crippen molar-refractivity contribution in [3.8, 4) is 22.8 Å². The highest BCUT2D eigenvalue weighted by atomic mass is 19.1. The van der Waals surface area contributed by atoms with Gasteiger partial charge in [0, 0.05) is 12.2 Å². The smallest absolute Gasteiger partial charge is 0.341 e. The average molecular weight is 439 g/mol. The number of carboxylic acid groups (broad SMARTS) is 1. The van der Waals surface area contributed by atoms with Gasteiger partial charge in [0.1, 0.15) is 17.3 Å². The fourth-order valence-electron chi connectivity index (χ4n) is 3.11. The number of pyridine rings is 1. The number of aliphatic carboxylic acids is 1. The first-order chi connectivity index (χ1) is 15.4. The molecule has 1 aromatic heterocycles. The number of carboxylic acids is 1. The van der Waals surface area contributed by atoms with Crippen molar-refractivity contribution in [2.24, 2.45) is 0 Å². The molecule has 0 spiro atoms. The molecule has 0 unspecified atom stereocenters. The minimum Gasteiger partial charge on any atom is -0.482 e. The Morgan fingerprint density at radius 1 is 1.09 bits per heavy atom. The molecule has 0 aliphatic heterocycles. The number of hydrogen-bond acceptors (Lipinski definition) is 5. The van der Waals surface area contributed by atoms with Gasteiger partial charge in [-0.1, -0.05) is 18.2 Å². The van der Waals surface area contributed by atoms with Crippen LogP contribution in [0.25, 0.3) is 11.3 Å².